The first kappa shape index (κ1) is 18.4. The van der Waals surface area contributed by atoms with Gasteiger partial charge in [0, 0.05) is 0 Å². The second kappa shape index (κ2) is 7.75. The maximum atomic E-state index is 11.7. The van der Waals surface area contributed by atoms with Gasteiger partial charge in [-0.2, -0.15) is 9.78 Å². The Kier molecular flexibility index (Phi) is 6.19. The van der Waals surface area contributed by atoms with Gasteiger partial charge in [-0.15, -0.1) is 0 Å². The summed E-state index contributed by atoms with van der Waals surface area (Å²) in [6.07, 6.45) is 0.703. The Morgan fingerprint density at radius 2 is 2.04 bits per heavy atom. The van der Waals surface area contributed by atoms with Crippen LogP contribution in [0.25, 0.3) is 5.69 Å². The van der Waals surface area contributed by atoms with Gasteiger partial charge in [0.25, 0.3) is 0 Å². The summed E-state index contributed by atoms with van der Waals surface area (Å²) in [6.45, 7) is 3.57. The lowest BCUT2D eigenvalue weighted by atomic mass is 10.3. The zero-order valence-electron chi connectivity index (χ0n) is 12.1. The summed E-state index contributed by atoms with van der Waals surface area (Å²) >= 11 is 21.5. The van der Waals surface area contributed by atoms with Gasteiger partial charge in [-0.1, -0.05) is 34.8 Å². The molecule has 2 rings (SSSR count). The average molecular weight is 443 g/mol. The van der Waals surface area contributed by atoms with E-state index in [0.717, 1.165) is 0 Å². The van der Waals surface area contributed by atoms with Crippen LogP contribution in [0.15, 0.2) is 22.8 Å². The van der Waals surface area contributed by atoms with Crippen LogP contribution in [-0.2, 0) is 9.53 Å². The van der Waals surface area contributed by atoms with Crippen molar-refractivity contribution in [1.82, 2.24) is 9.78 Å². The molecule has 1 aromatic carbocycles. The lowest BCUT2D eigenvalue weighted by Gasteiger charge is -2.16. The molecular weight excluding hydrogens is 430 g/mol. The summed E-state index contributed by atoms with van der Waals surface area (Å²) < 4.78 is 12.6. The maximum absolute atomic E-state index is 11.7. The molecule has 0 saturated heterocycles. The molecule has 0 saturated carbocycles. The minimum Gasteiger partial charge on any atom is -0.463 e. The summed E-state index contributed by atoms with van der Waals surface area (Å²) in [6, 6.07) is 3.25. The number of nitrogens with zero attached hydrogens (tertiary/aromatic N) is 2. The molecule has 1 unspecified atom stereocenters. The molecule has 0 aliphatic rings. The molecule has 1 atom stereocenters. The van der Waals surface area contributed by atoms with Gasteiger partial charge in [-0.25, -0.2) is 4.79 Å². The number of esters is 1. The van der Waals surface area contributed by atoms with Crippen molar-refractivity contribution in [1.29, 1.82) is 0 Å². The number of rotatable bonds is 5. The molecule has 9 heteroatoms. The van der Waals surface area contributed by atoms with Crippen molar-refractivity contribution in [2.75, 3.05) is 6.61 Å². The van der Waals surface area contributed by atoms with Crippen molar-refractivity contribution in [3.05, 3.63) is 37.9 Å². The van der Waals surface area contributed by atoms with Crippen LogP contribution in [0.1, 0.15) is 13.8 Å². The third kappa shape index (κ3) is 3.94. The number of benzene rings is 1. The fraction of sp³-hybridized carbons (Fsp3) is 0.286. The van der Waals surface area contributed by atoms with E-state index in [9.17, 15) is 4.79 Å². The lowest BCUT2D eigenvalue weighted by Crippen LogP contribution is -2.27. The lowest BCUT2D eigenvalue weighted by molar-refractivity contribution is -0.150. The molecule has 0 N–H and O–H groups in total. The molecule has 5 nitrogen and oxygen atoms in total. The molecule has 0 radical (unpaired) electrons. The predicted molar refractivity (Wildman–Crippen MR) is 93.0 cm³/mol. The van der Waals surface area contributed by atoms with Gasteiger partial charge in [0.05, 0.1) is 38.0 Å². The highest BCUT2D eigenvalue weighted by Gasteiger charge is 2.22. The number of ether oxygens (including phenoxy) is 2. The monoisotopic (exact) mass is 440 g/mol. The Morgan fingerprint density at radius 3 is 2.70 bits per heavy atom. The standard InChI is InChI=1S/C14H12BrCl3N2O3/c1-3-22-14(21)7(2)23-13-8(15)6-19-20(13)10-5-4-9(16)11(17)12(10)18/h4-7H,3H2,1-2H3. The van der Waals surface area contributed by atoms with E-state index in [4.69, 9.17) is 44.3 Å². The van der Waals surface area contributed by atoms with Gasteiger partial charge >= 0.3 is 5.97 Å². The maximum Gasteiger partial charge on any atom is 0.347 e. The molecule has 0 aliphatic heterocycles. The van der Waals surface area contributed by atoms with Crippen molar-refractivity contribution >= 4 is 56.7 Å². The molecule has 0 aliphatic carbocycles. The summed E-state index contributed by atoms with van der Waals surface area (Å²) in [5, 5.41) is 4.95. The Labute approximate surface area is 156 Å². The molecule has 0 bridgehead atoms. The highest BCUT2D eigenvalue weighted by molar-refractivity contribution is 9.10. The highest BCUT2D eigenvalue weighted by Crippen LogP contribution is 2.37. The predicted octanol–water partition coefficient (Wildman–Crippen LogP) is 4.93. The normalized spacial score (nSPS) is 12.1. The van der Waals surface area contributed by atoms with E-state index in [0.29, 0.717) is 21.1 Å². The average Bonchev–Trinajstić information content (AvgIpc) is 2.86. The second-order valence-corrected chi connectivity index (χ2v) is 6.43. The Morgan fingerprint density at radius 1 is 1.35 bits per heavy atom. The number of halogens is 4. The third-order valence-corrected chi connectivity index (χ3v) is 4.66. The number of hydrogen-bond donors (Lipinski definition) is 0. The fourth-order valence-corrected chi connectivity index (χ4v) is 2.71. The largest absolute Gasteiger partial charge is 0.463 e. The van der Waals surface area contributed by atoms with E-state index < -0.39 is 12.1 Å². The topological polar surface area (TPSA) is 53.4 Å². The number of carbonyl (C=O) groups is 1. The van der Waals surface area contributed by atoms with E-state index in [1.165, 1.54) is 10.9 Å². The molecule has 0 spiro atoms. The number of hydrogen-bond acceptors (Lipinski definition) is 4. The molecule has 124 valence electrons. The SMILES string of the molecule is CCOC(=O)C(C)Oc1c(Br)cnn1-c1ccc(Cl)c(Cl)c1Cl. The first-order valence-corrected chi connectivity index (χ1v) is 8.50. The minimum absolute atomic E-state index is 0.210. The summed E-state index contributed by atoms with van der Waals surface area (Å²) in [5.41, 5.74) is 0.470. The van der Waals surface area contributed by atoms with E-state index in [1.54, 1.807) is 26.0 Å². The van der Waals surface area contributed by atoms with Crippen LogP contribution >= 0.6 is 50.7 Å². The van der Waals surface area contributed by atoms with Crippen LogP contribution in [0.4, 0.5) is 0 Å². The Hall–Kier alpha value is -0.950. The van der Waals surface area contributed by atoms with Crippen LogP contribution in [0.2, 0.25) is 15.1 Å². The Bertz CT molecular complexity index is 736. The van der Waals surface area contributed by atoms with Gasteiger partial charge in [0.15, 0.2) is 6.10 Å². The molecule has 0 fully saturated rings. The van der Waals surface area contributed by atoms with Crippen molar-refractivity contribution in [2.24, 2.45) is 0 Å². The first-order valence-electron chi connectivity index (χ1n) is 6.57. The van der Waals surface area contributed by atoms with E-state index in [2.05, 4.69) is 21.0 Å². The zero-order valence-corrected chi connectivity index (χ0v) is 16.0. The van der Waals surface area contributed by atoms with Crippen molar-refractivity contribution in [3.8, 4) is 11.6 Å². The summed E-state index contributed by atoms with van der Waals surface area (Å²) in [4.78, 5) is 11.7. The van der Waals surface area contributed by atoms with Crippen molar-refractivity contribution in [3.63, 3.8) is 0 Å². The van der Waals surface area contributed by atoms with E-state index in [-0.39, 0.29) is 16.7 Å². The zero-order chi connectivity index (χ0) is 17.1. The molecule has 1 heterocycles. The van der Waals surface area contributed by atoms with Gasteiger partial charge in [-0.3, -0.25) is 0 Å². The van der Waals surface area contributed by atoms with Crippen LogP contribution in [0, 0.1) is 0 Å². The van der Waals surface area contributed by atoms with E-state index in [1.807, 2.05) is 0 Å². The van der Waals surface area contributed by atoms with Crippen LogP contribution in [-0.4, -0.2) is 28.5 Å². The fourth-order valence-electron chi connectivity index (χ4n) is 1.75. The molecular formula is C14H12BrCl3N2O3. The smallest absolute Gasteiger partial charge is 0.347 e. The quantitative estimate of drug-likeness (QED) is 0.487. The molecule has 1 aromatic heterocycles. The van der Waals surface area contributed by atoms with Gasteiger partial charge in [-0.05, 0) is 41.9 Å². The highest BCUT2D eigenvalue weighted by atomic mass is 79.9. The van der Waals surface area contributed by atoms with Crippen molar-refractivity contribution in [2.45, 2.75) is 20.0 Å². The molecule has 2 aromatic rings. The van der Waals surface area contributed by atoms with Crippen LogP contribution in [0.3, 0.4) is 0 Å². The van der Waals surface area contributed by atoms with Crippen LogP contribution in [0.5, 0.6) is 5.88 Å². The van der Waals surface area contributed by atoms with Gasteiger partial charge in [0.2, 0.25) is 5.88 Å². The molecule has 23 heavy (non-hydrogen) atoms. The summed E-state index contributed by atoms with van der Waals surface area (Å²) in [5.74, 6) is -0.182. The second-order valence-electron chi connectivity index (χ2n) is 4.42. The van der Waals surface area contributed by atoms with Crippen molar-refractivity contribution < 1.29 is 14.3 Å². The molecule has 0 amide bonds. The first-order chi connectivity index (χ1) is 10.9. The number of carbonyl (C=O) groups excluding carboxylic acids is 1. The third-order valence-electron chi connectivity index (χ3n) is 2.83. The minimum atomic E-state index is -0.816. The van der Waals surface area contributed by atoms with Gasteiger partial charge in [0.1, 0.15) is 0 Å². The van der Waals surface area contributed by atoms with Gasteiger partial charge < -0.3 is 9.47 Å². The number of aromatic nitrogens is 2. The summed E-state index contributed by atoms with van der Waals surface area (Å²) in [7, 11) is 0. The van der Waals surface area contributed by atoms with Crippen LogP contribution < -0.4 is 4.74 Å². The Balaban J connectivity index is 2.40. The van der Waals surface area contributed by atoms with E-state index >= 15 is 0 Å².